The van der Waals surface area contributed by atoms with E-state index in [-0.39, 0.29) is 11.0 Å². The number of rotatable bonds is 10. The number of ether oxygens (including phenoxy) is 1. The lowest BCUT2D eigenvalue weighted by atomic mass is 9.98. The van der Waals surface area contributed by atoms with Crippen molar-refractivity contribution in [2.75, 3.05) is 50.6 Å². The number of hydrogen-bond acceptors (Lipinski definition) is 9. The summed E-state index contributed by atoms with van der Waals surface area (Å²) in [5.41, 5.74) is 4.99. The van der Waals surface area contributed by atoms with Crippen LogP contribution in [0.4, 0.5) is 11.5 Å². The molecule has 0 saturated heterocycles. The van der Waals surface area contributed by atoms with Crippen LogP contribution >= 0.6 is 0 Å². The minimum atomic E-state index is -0.180. The Balaban J connectivity index is 1.24. The SMILES string of the molecule is CCc1cccc2cccc(N3CCc4c(nc(OCC5(CN(C)C)CC5)nc4N(C)Cc4nnc5c(=O)n(C)ccn45)C3)c12. The van der Waals surface area contributed by atoms with E-state index < -0.39 is 0 Å². The average molecular weight is 608 g/mol. The van der Waals surface area contributed by atoms with E-state index in [1.165, 1.54) is 26.6 Å². The molecule has 0 atom stereocenters. The predicted molar refractivity (Wildman–Crippen MR) is 176 cm³/mol. The largest absolute Gasteiger partial charge is 0.463 e. The zero-order chi connectivity index (χ0) is 31.3. The van der Waals surface area contributed by atoms with Gasteiger partial charge in [0.05, 0.1) is 25.4 Å². The first kappa shape index (κ1) is 29.2. The van der Waals surface area contributed by atoms with Crippen LogP contribution in [0.3, 0.4) is 0 Å². The van der Waals surface area contributed by atoms with Crippen molar-refractivity contribution in [3.63, 3.8) is 0 Å². The van der Waals surface area contributed by atoms with E-state index in [9.17, 15) is 4.79 Å². The fourth-order valence-electron chi connectivity index (χ4n) is 6.76. The van der Waals surface area contributed by atoms with E-state index in [1.54, 1.807) is 17.6 Å². The molecule has 1 fully saturated rings. The molecule has 45 heavy (non-hydrogen) atoms. The molecule has 0 unspecified atom stereocenters. The van der Waals surface area contributed by atoms with Crippen LogP contribution in [0.25, 0.3) is 16.4 Å². The maximum atomic E-state index is 12.6. The highest BCUT2D eigenvalue weighted by molar-refractivity contribution is 5.97. The molecule has 0 bridgehead atoms. The molecule has 1 aliphatic heterocycles. The van der Waals surface area contributed by atoms with Gasteiger partial charge in [0.2, 0.25) is 5.65 Å². The number of benzene rings is 2. The lowest BCUT2D eigenvalue weighted by Gasteiger charge is -2.33. The van der Waals surface area contributed by atoms with Crippen LogP contribution in [-0.2, 0) is 33.0 Å². The van der Waals surface area contributed by atoms with Crippen LogP contribution < -0.4 is 20.1 Å². The number of fused-ring (bicyclic) bond motifs is 3. The number of aromatic nitrogens is 6. The number of nitrogens with zero attached hydrogens (tertiary/aromatic N) is 9. The van der Waals surface area contributed by atoms with E-state index in [1.807, 2.05) is 13.2 Å². The molecule has 0 amide bonds. The smallest absolute Gasteiger partial charge is 0.318 e. The summed E-state index contributed by atoms with van der Waals surface area (Å²) in [6.07, 6.45) is 7.63. The summed E-state index contributed by atoms with van der Waals surface area (Å²) >= 11 is 0. The topological polar surface area (TPSA) is 96.9 Å². The molecular formula is C34H41N9O2. The molecular weight excluding hydrogens is 566 g/mol. The second kappa shape index (κ2) is 11.4. The Morgan fingerprint density at radius 1 is 1.02 bits per heavy atom. The van der Waals surface area contributed by atoms with Crippen LogP contribution in [0, 0.1) is 5.41 Å². The van der Waals surface area contributed by atoms with Crippen LogP contribution in [0.5, 0.6) is 6.01 Å². The molecule has 234 valence electrons. The summed E-state index contributed by atoms with van der Waals surface area (Å²) in [6.45, 7) is 5.74. The summed E-state index contributed by atoms with van der Waals surface area (Å²) in [6, 6.07) is 13.6. The molecule has 1 saturated carbocycles. The van der Waals surface area contributed by atoms with Crippen LogP contribution in [0.2, 0.25) is 0 Å². The van der Waals surface area contributed by atoms with E-state index in [0.29, 0.717) is 37.2 Å². The van der Waals surface area contributed by atoms with E-state index >= 15 is 0 Å². The fraction of sp³-hybridized carbons (Fsp3) is 0.441. The highest BCUT2D eigenvalue weighted by Gasteiger charge is 2.44. The first-order chi connectivity index (χ1) is 21.7. The van der Waals surface area contributed by atoms with Gasteiger partial charge in [-0.15, -0.1) is 10.2 Å². The Labute approximate surface area is 263 Å². The average Bonchev–Trinajstić information content (AvgIpc) is 3.68. The summed E-state index contributed by atoms with van der Waals surface area (Å²) < 4.78 is 9.67. The number of aryl methyl sites for hydroxylation is 2. The van der Waals surface area contributed by atoms with Gasteiger partial charge in [-0.25, -0.2) is 0 Å². The van der Waals surface area contributed by atoms with Gasteiger partial charge in [0.15, 0.2) is 5.82 Å². The monoisotopic (exact) mass is 607 g/mol. The molecule has 5 aromatic rings. The molecule has 2 aliphatic rings. The zero-order valence-corrected chi connectivity index (χ0v) is 26.8. The van der Waals surface area contributed by atoms with Gasteiger partial charge in [-0.3, -0.25) is 9.20 Å². The number of anilines is 2. The predicted octanol–water partition coefficient (Wildman–Crippen LogP) is 3.85. The standard InChI is InChI=1S/C34H41N9O2/c1-6-23-9-7-10-24-11-8-12-27(29(23)24)42-16-13-25-26(19-42)35-33(45-22-34(14-15-34)21-39(2)3)36-30(25)41(5)20-28-37-38-31-32(44)40(4)17-18-43(28)31/h7-12,17-18H,6,13-16,19-22H2,1-5H3. The Morgan fingerprint density at radius 3 is 2.58 bits per heavy atom. The third-order valence-electron chi connectivity index (χ3n) is 9.29. The molecule has 4 heterocycles. The highest BCUT2D eigenvalue weighted by atomic mass is 16.5. The number of hydrogen-bond donors (Lipinski definition) is 0. The summed E-state index contributed by atoms with van der Waals surface area (Å²) in [5.74, 6) is 1.50. The van der Waals surface area contributed by atoms with Crippen molar-refractivity contribution in [3.05, 3.63) is 81.8 Å². The summed E-state index contributed by atoms with van der Waals surface area (Å²) in [5, 5.41) is 11.1. The van der Waals surface area contributed by atoms with Gasteiger partial charge in [0, 0.05) is 61.6 Å². The van der Waals surface area contributed by atoms with Crippen molar-refractivity contribution in [1.82, 2.24) is 34.0 Å². The molecule has 1 aliphatic carbocycles. The zero-order valence-electron chi connectivity index (χ0n) is 26.8. The maximum absolute atomic E-state index is 12.6. The lowest BCUT2D eigenvalue weighted by molar-refractivity contribution is 0.182. The van der Waals surface area contributed by atoms with Gasteiger partial charge in [-0.2, -0.15) is 9.97 Å². The van der Waals surface area contributed by atoms with Crippen molar-refractivity contribution in [1.29, 1.82) is 0 Å². The second-order valence-electron chi connectivity index (χ2n) is 13.0. The molecule has 3 aromatic heterocycles. The Kier molecular flexibility index (Phi) is 7.43. The third-order valence-corrected chi connectivity index (χ3v) is 9.29. The normalized spacial score (nSPS) is 15.6. The summed E-state index contributed by atoms with van der Waals surface area (Å²) in [7, 11) is 7.94. The highest BCUT2D eigenvalue weighted by Crippen LogP contribution is 2.46. The first-order valence-corrected chi connectivity index (χ1v) is 15.8. The third kappa shape index (κ3) is 5.50. The molecule has 11 heteroatoms. The van der Waals surface area contributed by atoms with Crippen LogP contribution in [0.15, 0.2) is 53.6 Å². The quantitative estimate of drug-likeness (QED) is 0.235. The molecule has 2 aromatic carbocycles. The molecule has 0 spiro atoms. The summed E-state index contributed by atoms with van der Waals surface area (Å²) in [4.78, 5) is 29.4. The van der Waals surface area contributed by atoms with Crippen molar-refractivity contribution in [2.24, 2.45) is 12.5 Å². The molecule has 0 N–H and O–H groups in total. The van der Waals surface area contributed by atoms with E-state index in [2.05, 4.69) is 82.3 Å². The van der Waals surface area contributed by atoms with Gasteiger partial charge in [0.1, 0.15) is 5.82 Å². The van der Waals surface area contributed by atoms with Crippen molar-refractivity contribution >= 4 is 27.9 Å². The van der Waals surface area contributed by atoms with Gasteiger partial charge >= 0.3 is 6.01 Å². The molecule has 11 nitrogen and oxygen atoms in total. The Bertz CT molecular complexity index is 1940. The Hall–Kier alpha value is -4.51. The molecule has 7 rings (SSSR count). The second-order valence-corrected chi connectivity index (χ2v) is 13.0. The first-order valence-electron chi connectivity index (χ1n) is 15.8. The fourth-order valence-corrected chi connectivity index (χ4v) is 6.76. The Morgan fingerprint density at radius 2 is 1.82 bits per heavy atom. The van der Waals surface area contributed by atoms with Crippen molar-refractivity contribution in [3.8, 4) is 6.01 Å². The molecule has 0 radical (unpaired) electrons. The van der Waals surface area contributed by atoms with Crippen molar-refractivity contribution < 1.29 is 4.74 Å². The lowest BCUT2D eigenvalue weighted by Crippen LogP contribution is -2.34. The minimum Gasteiger partial charge on any atom is -0.463 e. The van der Waals surface area contributed by atoms with Gasteiger partial charge in [-0.1, -0.05) is 37.3 Å². The minimum absolute atomic E-state index is 0.160. The van der Waals surface area contributed by atoms with E-state index in [4.69, 9.17) is 14.7 Å². The van der Waals surface area contributed by atoms with Gasteiger partial charge in [-0.05, 0) is 56.8 Å². The van der Waals surface area contributed by atoms with Crippen LogP contribution in [0.1, 0.15) is 42.4 Å². The van der Waals surface area contributed by atoms with Crippen molar-refractivity contribution in [2.45, 2.75) is 45.7 Å². The maximum Gasteiger partial charge on any atom is 0.318 e. The van der Waals surface area contributed by atoms with Crippen LogP contribution in [-0.4, -0.2) is 74.9 Å². The van der Waals surface area contributed by atoms with Gasteiger partial charge < -0.3 is 24.0 Å². The van der Waals surface area contributed by atoms with Gasteiger partial charge in [0.25, 0.3) is 5.56 Å². The van der Waals surface area contributed by atoms with E-state index in [0.717, 1.165) is 55.8 Å².